The molecule has 0 aliphatic heterocycles. The Balaban J connectivity index is 3.07. The molecule has 0 saturated heterocycles. The molecule has 0 aromatic heterocycles. The highest BCUT2D eigenvalue weighted by atomic mass is 79.9. The Morgan fingerprint density at radius 2 is 1.93 bits per heavy atom. The first kappa shape index (κ1) is 11.8. The monoisotopic (exact) mass is 289 g/mol. The summed E-state index contributed by atoms with van der Waals surface area (Å²) in [4.78, 5) is 7.51. The van der Waals surface area contributed by atoms with Gasteiger partial charge in [-0.1, -0.05) is 27.5 Å². The minimum Gasteiger partial charge on any atom is -0.370 e. The minimum atomic E-state index is -0.151. The third-order valence-corrected chi connectivity index (χ3v) is 2.20. The van der Waals surface area contributed by atoms with Crippen LogP contribution in [0.5, 0.6) is 0 Å². The molecular formula is C8H9BrClN5. The number of guanidine groups is 2. The summed E-state index contributed by atoms with van der Waals surface area (Å²) in [6, 6.07) is 5.18. The molecule has 6 N–H and O–H groups in total. The molecule has 0 bridgehead atoms. The van der Waals surface area contributed by atoms with Gasteiger partial charge >= 0.3 is 0 Å². The van der Waals surface area contributed by atoms with E-state index in [9.17, 15) is 0 Å². The molecule has 0 spiro atoms. The van der Waals surface area contributed by atoms with Gasteiger partial charge in [0.1, 0.15) is 0 Å². The van der Waals surface area contributed by atoms with Crippen LogP contribution in [-0.4, -0.2) is 11.9 Å². The topological polar surface area (TPSA) is 103 Å². The second kappa shape index (κ2) is 4.99. The van der Waals surface area contributed by atoms with Crippen molar-refractivity contribution in [3.05, 3.63) is 27.7 Å². The van der Waals surface area contributed by atoms with Gasteiger partial charge in [-0.25, -0.2) is 4.99 Å². The van der Waals surface area contributed by atoms with E-state index in [0.29, 0.717) is 10.7 Å². The highest BCUT2D eigenvalue weighted by Gasteiger charge is 2.00. The Kier molecular flexibility index (Phi) is 3.93. The summed E-state index contributed by atoms with van der Waals surface area (Å²) >= 11 is 9.17. The van der Waals surface area contributed by atoms with E-state index in [1.807, 2.05) is 0 Å². The van der Waals surface area contributed by atoms with Crippen molar-refractivity contribution < 1.29 is 0 Å². The summed E-state index contributed by atoms with van der Waals surface area (Å²) in [6.07, 6.45) is 0. The molecule has 15 heavy (non-hydrogen) atoms. The van der Waals surface area contributed by atoms with Crippen molar-refractivity contribution in [2.24, 2.45) is 27.2 Å². The number of halogens is 2. The summed E-state index contributed by atoms with van der Waals surface area (Å²) in [5.74, 6) is -0.197. The van der Waals surface area contributed by atoms with Crippen LogP contribution in [0.4, 0.5) is 5.69 Å². The fraction of sp³-hybridized carbons (Fsp3) is 0. The normalized spacial score (nSPS) is 11.2. The van der Waals surface area contributed by atoms with Crippen molar-refractivity contribution in [1.82, 2.24) is 0 Å². The third-order valence-electron chi connectivity index (χ3n) is 1.39. The molecule has 5 nitrogen and oxygen atoms in total. The van der Waals surface area contributed by atoms with Crippen LogP contribution in [0.3, 0.4) is 0 Å². The van der Waals surface area contributed by atoms with Crippen molar-refractivity contribution >= 4 is 45.1 Å². The molecule has 1 aromatic rings. The second-order valence-electron chi connectivity index (χ2n) is 2.60. The third kappa shape index (κ3) is 3.77. The number of hydrogen-bond acceptors (Lipinski definition) is 1. The summed E-state index contributed by atoms with van der Waals surface area (Å²) < 4.78 is 0.836. The molecule has 0 fully saturated rings. The Morgan fingerprint density at radius 3 is 2.53 bits per heavy atom. The average Bonchev–Trinajstić information content (AvgIpc) is 2.10. The van der Waals surface area contributed by atoms with Gasteiger partial charge in [0, 0.05) is 4.47 Å². The molecule has 0 aliphatic rings. The lowest BCUT2D eigenvalue weighted by molar-refractivity contribution is 1.38. The van der Waals surface area contributed by atoms with Crippen LogP contribution in [0.25, 0.3) is 0 Å². The number of benzene rings is 1. The van der Waals surface area contributed by atoms with Crippen LogP contribution in [0.15, 0.2) is 32.7 Å². The van der Waals surface area contributed by atoms with Gasteiger partial charge in [-0.15, -0.1) is 0 Å². The Bertz CT molecular complexity index is 425. The van der Waals surface area contributed by atoms with Crippen LogP contribution >= 0.6 is 27.5 Å². The van der Waals surface area contributed by atoms with Crippen LogP contribution < -0.4 is 17.2 Å². The van der Waals surface area contributed by atoms with Gasteiger partial charge in [0.05, 0.1) is 10.7 Å². The fourth-order valence-electron chi connectivity index (χ4n) is 0.852. The van der Waals surface area contributed by atoms with Gasteiger partial charge in [0.25, 0.3) is 0 Å². The quantitative estimate of drug-likeness (QED) is 0.537. The van der Waals surface area contributed by atoms with Crippen LogP contribution in [0.1, 0.15) is 0 Å². The SMILES string of the molecule is NC(N)=NC(N)=Nc1cc(Br)ccc1Cl. The largest absolute Gasteiger partial charge is 0.370 e. The number of aliphatic imine (C=N–C) groups is 2. The molecule has 0 atom stereocenters. The lowest BCUT2D eigenvalue weighted by Crippen LogP contribution is -2.26. The molecule has 0 amide bonds. The first-order valence-electron chi connectivity index (χ1n) is 3.88. The summed E-state index contributed by atoms with van der Waals surface area (Å²) in [6.45, 7) is 0. The van der Waals surface area contributed by atoms with Crippen molar-refractivity contribution in [2.45, 2.75) is 0 Å². The van der Waals surface area contributed by atoms with E-state index in [1.54, 1.807) is 18.2 Å². The number of nitrogens with zero attached hydrogens (tertiary/aromatic N) is 2. The first-order valence-corrected chi connectivity index (χ1v) is 5.05. The second-order valence-corrected chi connectivity index (χ2v) is 3.93. The van der Waals surface area contributed by atoms with Crippen LogP contribution in [-0.2, 0) is 0 Å². The van der Waals surface area contributed by atoms with E-state index < -0.39 is 0 Å². The molecular weight excluding hydrogens is 281 g/mol. The van der Waals surface area contributed by atoms with Crippen LogP contribution in [0.2, 0.25) is 5.02 Å². The van der Waals surface area contributed by atoms with Crippen molar-refractivity contribution in [1.29, 1.82) is 0 Å². The van der Waals surface area contributed by atoms with E-state index in [-0.39, 0.29) is 11.9 Å². The van der Waals surface area contributed by atoms with E-state index in [0.717, 1.165) is 4.47 Å². The van der Waals surface area contributed by atoms with E-state index in [2.05, 4.69) is 25.9 Å². The Labute approximate surface area is 100 Å². The zero-order chi connectivity index (χ0) is 11.4. The maximum atomic E-state index is 5.88. The summed E-state index contributed by atoms with van der Waals surface area (Å²) in [7, 11) is 0. The molecule has 80 valence electrons. The first-order chi connectivity index (χ1) is 6.99. The van der Waals surface area contributed by atoms with Gasteiger partial charge in [-0.05, 0) is 18.2 Å². The molecule has 0 unspecified atom stereocenters. The average molecular weight is 291 g/mol. The van der Waals surface area contributed by atoms with Gasteiger partial charge in [0.2, 0.25) is 5.96 Å². The maximum Gasteiger partial charge on any atom is 0.223 e. The maximum absolute atomic E-state index is 5.88. The Morgan fingerprint density at radius 1 is 1.27 bits per heavy atom. The zero-order valence-electron chi connectivity index (χ0n) is 7.61. The molecule has 0 radical (unpaired) electrons. The van der Waals surface area contributed by atoms with E-state index in [1.165, 1.54) is 0 Å². The standard InChI is InChI=1S/C8H9BrClN5/c9-4-1-2-5(10)6(3-4)14-8(13)15-7(11)12/h1-3H,(H6,11,12,13,14,15). The summed E-state index contributed by atoms with van der Waals surface area (Å²) in [5.41, 5.74) is 16.2. The highest BCUT2D eigenvalue weighted by molar-refractivity contribution is 9.10. The lowest BCUT2D eigenvalue weighted by Gasteiger charge is -1.99. The summed E-state index contributed by atoms with van der Waals surface area (Å²) in [5, 5.41) is 0.465. The lowest BCUT2D eigenvalue weighted by atomic mass is 10.3. The van der Waals surface area contributed by atoms with Crippen molar-refractivity contribution in [3.63, 3.8) is 0 Å². The van der Waals surface area contributed by atoms with E-state index >= 15 is 0 Å². The van der Waals surface area contributed by atoms with Crippen molar-refractivity contribution in [3.8, 4) is 0 Å². The Hall–Kier alpha value is -1.27. The molecule has 0 heterocycles. The molecule has 1 aromatic carbocycles. The fourth-order valence-corrected chi connectivity index (χ4v) is 1.36. The van der Waals surface area contributed by atoms with Gasteiger partial charge in [-0.3, -0.25) is 0 Å². The number of hydrogen-bond donors (Lipinski definition) is 3. The van der Waals surface area contributed by atoms with Gasteiger partial charge < -0.3 is 17.2 Å². The van der Waals surface area contributed by atoms with Gasteiger partial charge in [-0.2, -0.15) is 4.99 Å². The van der Waals surface area contributed by atoms with Crippen molar-refractivity contribution in [2.75, 3.05) is 0 Å². The molecule has 0 saturated carbocycles. The smallest absolute Gasteiger partial charge is 0.223 e. The highest BCUT2D eigenvalue weighted by Crippen LogP contribution is 2.28. The van der Waals surface area contributed by atoms with E-state index in [4.69, 9.17) is 28.8 Å². The minimum absolute atomic E-state index is 0.0463. The number of rotatable bonds is 1. The molecule has 0 aliphatic carbocycles. The van der Waals surface area contributed by atoms with Gasteiger partial charge in [0.15, 0.2) is 5.96 Å². The predicted molar refractivity (Wildman–Crippen MR) is 66.2 cm³/mol. The molecule has 1 rings (SSSR count). The number of nitrogens with two attached hydrogens (primary N) is 3. The van der Waals surface area contributed by atoms with Crippen LogP contribution in [0, 0.1) is 0 Å². The zero-order valence-corrected chi connectivity index (χ0v) is 9.96. The molecule has 7 heteroatoms. The predicted octanol–water partition coefficient (Wildman–Crippen LogP) is 1.32.